The molecule has 0 bridgehead atoms. The summed E-state index contributed by atoms with van der Waals surface area (Å²) in [6.45, 7) is 0. The molecule has 16 aromatic carbocycles. The highest BCUT2D eigenvalue weighted by Gasteiger charge is 2.35. The minimum absolute atomic E-state index is 0. The number of benzene rings is 16. The van der Waals surface area contributed by atoms with Gasteiger partial charge in [0.2, 0.25) is 0 Å². The number of aromatic hydroxyl groups is 10. The molecule has 127 heavy (non-hydrogen) atoms. The van der Waals surface area contributed by atoms with Crippen LogP contribution in [0.4, 0.5) is 0 Å². The van der Waals surface area contributed by atoms with Gasteiger partial charge in [0.05, 0.1) is 46.7 Å². The fourth-order valence-electron chi connectivity index (χ4n) is 14.8. The number of carbonyl (C=O) groups excluding carboxylic acids is 1. The first-order valence-electron chi connectivity index (χ1n) is 40.5. The third-order valence-electron chi connectivity index (χ3n) is 21.1. The van der Waals surface area contributed by atoms with Crippen LogP contribution in [0.3, 0.4) is 0 Å². The molecule has 0 unspecified atom stereocenters. The normalized spacial score (nSPS) is 12.1. The molecule has 0 fully saturated rings. The monoisotopic (exact) mass is 1720 g/mol. The van der Waals surface area contributed by atoms with E-state index in [4.69, 9.17) is 21.5 Å². The fraction of sp³-hybridized carbons (Fsp3) is 0.0833. The molecule has 16 aromatic rings. The molecule has 0 saturated heterocycles. The van der Waals surface area contributed by atoms with E-state index < -0.39 is 42.0 Å². The lowest BCUT2D eigenvalue weighted by molar-refractivity contribution is 0.103. The van der Waals surface area contributed by atoms with Gasteiger partial charge in [-0.05, 0) is 130 Å². The Hall–Kier alpha value is -15.2. The van der Waals surface area contributed by atoms with E-state index in [-0.39, 0.29) is 88.1 Å². The second-order valence-electron chi connectivity index (χ2n) is 29.2. The molecule has 16 rings (SSSR count). The van der Waals surface area contributed by atoms with Crippen molar-refractivity contribution in [3.63, 3.8) is 0 Å². The van der Waals surface area contributed by atoms with Gasteiger partial charge in [-0.3, -0.25) is 25.4 Å². The first-order valence-corrected chi connectivity index (χ1v) is 41.8. The van der Waals surface area contributed by atoms with E-state index in [2.05, 4.69) is 33.0 Å². The van der Waals surface area contributed by atoms with Crippen LogP contribution < -0.4 is 22.1 Å². The maximum Gasteiger partial charge on any atom is 0.200 e. The van der Waals surface area contributed by atoms with Crippen LogP contribution in [0, 0.1) is 0 Å². The average Bonchev–Trinajstić information content (AvgIpc) is 0.780. The van der Waals surface area contributed by atoms with Gasteiger partial charge >= 0.3 is 0 Å². The highest BCUT2D eigenvalue weighted by Crippen LogP contribution is 2.45. The molecule has 6 atom stereocenters. The Morgan fingerprint density at radius 1 is 0.228 bits per heavy atom. The Bertz CT molecular complexity index is 5680. The van der Waals surface area contributed by atoms with Crippen molar-refractivity contribution >= 4 is 39.6 Å². The minimum atomic E-state index is -0.690. The molecule has 17 nitrogen and oxygen atoms in total. The second kappa shape index (κ2) is 46.3. The molecule has 0 aliphatic heterocycles. The Labute approximate surface area is 749 Å². The zero-order valence-corrected chi connectivity index (χ0v) is 69.9. The highest BCUT2D eigenvalue weighted by molar-refractivity contribution is 8.07. The van der Waals surface area contributed by atoms with Crippen molar-refractivity contribution < 1.29 is 55.9 Å². The summed E-state index contributed by atoms with van der Waals surface area (Å²) in [5.41, 5.74) is 23.3. The summed E-state index contributed by atoms with van der Waals surface area (Å²) in [5, 5.41) is 115. The van der Waals surface area contributed by atoms with Gasteiger partial charge in [0.25, 0.3) is 0 Å². The van der Waals surface area contributed by atoms with Crippen LogP contribution >= 0.6 is 0 Å². The van der Waals surface area contributed by atoms with Crippen LogP contribution in [0.5, 0.6) is 57.5 Å². The predicted molar refractivity (Wildman–Crippen MR) is 511 cm³/mol. The van der Waals surface area contributed by atoms with E-state index in [9.17, 15) is 55.9 Å². The molecule has 19 heteroatoms. The number of hydrogen-bond acceptors (Lipinski definition) is 19. The number of hydrogen-bond donors (Lipinski definition) is 14. The zero-order valence-electron chi connectivity index (χ0n) is 68.3. The number of carbonyl (C=O) groups is 1. The van der Waals surface area contributed by atoms with E-state index in [0.29, 0.717) is 55.9 Å². The number of phenols is 10. The Kier molecular flexibility index (Phi) is 33.8. The third-order valence-corrected chi connectivity index (χ3v) is 21.1. The summed E-state index contributed by atoms with van der Waals surface area (Å²) in [7, 11) is 0. The molecular formula is C108H98N6O11S2. The van der Waals surface area contributed by atoms with E-state index >= 15 is 0 Å². The Morgan fingerprint density at radius 3 is 0.614 bits per heavy atom. The average molecular weight is 1720 g/mol. The number of rotatable bonds is 25. The van der Waals surface area contributed by atoms with Crippen molar-refractivity contribution in [2.75, 3.05) is 0 Å². The van der Waals surface area contributed by atoms with Crippen LogP contribution in [0.1, 0.15) is 150 Å². The van der Waals surface area contributed by atoms with Gasteiger partial charge in [-0.2, -0.15) is 0 Å². The summed E-state index contributed by atoms with van der Waals surface area (Å²) in [5.74, 6) is -0.120. The van der Waals surface area contributed by atoms with Gasteiger partial charge in [-0.1, -0.05) is 335 Å². The number of nitrogens with zero attached hydrogens (tertiary/aromatic N) is 2. The van der Waals surface area contributed by atoms with Gasteiger partial charge in [0.15, 0.2) is 5.78 Å². The van der Waals surface area contributed by atoms with Gasteiger partial charge in [-0.25, -0.2) is 0 Å². The number of nitrogens with two attached hydrogens (primary N) is 2. The van der Waals surface area contributed by atoms with Crippen molar-refractivity contribution in [1.82, 2.24) is 10.6 Å². The molecule has 0 aliphatic rings. The first-order chi connectivity index (χ1) is 61.5. The van der Waals surface area contributed by atoms with Crippen LogP contribution in [0.15, 0.2) is 435 Å². The summed E-state index contributed by atoms with van der Waals surface area (Å²) >= 11 is 7.33. The smallest absolute Gasteiger partial charge is 0.200 e. The summed E-state index contributed by atoms with van der Waals surface area (Å²) < 4.78 is 0. The summed E-state index contributed by atoms with van der Waals surface area (Å²) in [6, 6.07) is 124. The standard InChI is InChI=1S/C40H36N2O4.C40H32N2O4.C14H16N2.C13H10O3.CH4.S2/c2*43-33-23-11-7-19-29(33)39(30-20-8-12-24-34(30)44)41-37(27-15-3-1-4-16-27)38(28-17-5-2-6-18-28)42-40(31-21-9-13-25-35(31)45)32-22-10-14-26-36(32)46;15-13(11-7-3-1-4-8-11)14(16)12-9-5-2-6-10-12;14-11-7-3-1-5-9(11)13(16)10-6-2-4-8-12(10)15;;1-2/h1-26,37-46H;1-26,37-38,43-46H;1-10,13-14H,15-16H2;1-8,14-15H;1H4;/t2*37-,38-;13-,14-;;;/m111.../s1. The van der Waals surface area contributed by atoms with Crippen molar-refractivity contribution in [2.24, 2.45) is 21.5 Å². The molecule has 0 aromatic heterocycles. The van der Waals surface area contributed by atoms with Crippen LogP contribution in [0.25, 0.3) is 0 Å². The number of nitrogens with one attached hydrogen (secondary N) is 2. The molecule has 0 radical (unpaired) electrons. The molecule has 0 amide bonds. The second-order valence-corrected chi connectivity index (χ2v) is 29.2. The number of ketones is 1. The largest absolute Gasteiger partial charge is 0.508 e. The predicted octanol–water partition coefficient (Wildman–Crippen LogP) is 21.8. The molecular weight excluding hydrogens is 1620 g/mol. The van der Waals surface area contributed by atoms with Crippen molar-refractivity contribution in [3.8, 4) is 57.5 Å². The zero-order chi connectivity index (χ0) is 88.7. The van der Waals surface area contributed by atoms with Gasteiger partial charge < -0.3 is 62.5 Å². The van der Waals surface area contributed by atoms with Crippen molar-refractivity contribution in [1.29, 1.82) is 0 Å². The quantitative estimate of drug-likeness (QED) is 0.0187. The lowest BCUT2D eigenvalue weighted by atomic mass is 9.87. The Morgan fingerprint density at radius 2 is 0.402 bits per heavy atom. The number of para-hydroxylation sites is 10. The lowest BCUT2D eigenvalue weighted by Gasteiger charge is -2.37. The van der Waals surface area contributed by atoms with E-state index in [1.165, 1.54) is 24.3 Å². The molecule has 0 spiro atoms. The van der Waals surface area contributed by atoms with Crippen molar-refractivity contribution in [2.45, 2.75) is 55.8 Å². The van der Waals surface area contributed by atoms with E-state index in [0.717, 1.165) is 33.4 Å². The fourth-order valence-corrected chi connectivity index (χ4v) is 14.8. The molecule has 0 saturated carbocycles. The minimum Gasteiger partial charge on any atom is -0.508 e. The van der Waals surface area contributed by atoms with Crippen LogP contribution in [0.2, 0.25) is 0 Å². The third kappa shape index (κ3) is 23.8. The van der Waals surface area contributed by atoms with Gasteiger partial charge in [0.1, 0.15) is 69.6 Å². The maximum absolute atomic E-state index is 12.0. The molecule has 0 heterocycles. The molecule has 0 aliphatic carbocycles. The van der Waals surface area contributed by atoms with Gasteiger partial charge in [-0.15, -0.1) is 0 Å². The lowest BCUT2D eigenvalue weighted by Crippen LogP contribution is -2.39. The van der Waals surface area contributed by atoms with Crippen LogP contribution in [-0.4, -0.2) is 68.3 Å². The molecule has 638 valence electrons. The van der Waals surface area contributed by atoms with E-state index in [1.54, 1.807) is 146 Å². The topological polar surface area (TPSA) is 320 Å². The van der Waals surface area contributed by atoms with Crippen LogP contribution in [-0.2, 0) is 22.4 Å². The first kappa shape index (κ1) is 92.5. The van der Waals surface area contributed by atoms with Crippen molar-refractivity contribution in [3.05, 3.63) is 514 Å². The number of aliphatic imine (C=N–C) groups is 2. The number of phenolic OH excluding ortho intramolecular Hbond substituents is 10. The summed E-state index contributed by atoms with van der Waals surface area (Å²) in [6.07, 6.45) is 0. The maximum atomic E-state index is 12.0. The Balaban J connectivity index is 0.000000180. The van der Waals surface area contributed by atoms with E-state index in [1.807, 2.05) is 255 Å². The highest BCUT2D eigenvalue weighted by atomic mass is 32.8. The van der Waals surface area contributed by atoms with Gasteiger partial charge in [0, 0.05) is 79.0 Å². The molecule has 16 N–H and O–H groups in total. The SMILES string of the molecule is C.N[C@H](c1ccccc1)[C@H](N)c1ccccc1.O=C(c1ccccc1O)c1ccccc1O.Oc1ccccc1C(=N[C@H](c1ccccc1)[C@H](N=C(c1ccccc1O)c1ccccc1O)c1ccccc1)c1ccccc1O.Oc1ccccc1C(N[C@H](c1ccccc1)[C@H](NC(c1ccccc1O)c1ccccc1O)c1ccccc1)c1ccccc1O.S=S. The summed E-state index contributed by atoms with van der Waals surface area (Å²) in [4.78, 5) is 22.6.